The second kappa shape index (κ2) is 5.05. The Bertz CT molecular complexity index is 374. The van der Waals surface area contributed by atoms with Gasteiger partial charge in [-0.1, -0.05) is 13.8 Å². The molecule has 0 aliphatic heterocycles. The van der Waals surface area contributed by atoms with E-state index in [-0.39, 0.29) is 11.6 Å². The van der Waals surface area contributed by atoms with Gasteiger partial charge in [-0.05, 0) is 18.9 Å². The van der Waals surface area contributed by atoms with Crippen LogP contribution in [0.3, 0.4) is 0 Å². The lowest BCUT2D eigenvalue weighted by atomic mass is 10.1. The largest absolute Gasteiger partial charge is 0.351 e. The zero-order valence-electron chi connectivity index (χ0n) is 9.50. The summed E-state index contributed by atoms with van der Waals surface area (Å²) >= 11 is 0. The average Bonchev–Trinajstić information content (AvgIpc) is 2.62. The van der Waals surface area contributed by atoms with Gasteiger partial charge in [0.1, 0.15) is 5.69 Å². The molecule has 16 heavy (non-hydrogen) atoms. The molecule has 90 valence electrons. The van der Waals surface area contributed by atoms with Gasteiger partial charge in [-0.15, -0.1) is 0 Å². The Balaban J connectivity index is 3.10. The molecular formula is C10H15F2N3O. The van der Waals surface area contributed by atoms with Crippen molar-refractivity contribution in [1.82, 2.24) is 15.1 Å². The molecule has 0 spiro atoms. The van der Waals surface area contributed by atoms with E-state index in [0.29, 0.717) is 16.9 Å². The van der Waals surface area contributed by atoms with Crippen LogP contribution in [0.5, 0.6) is 0 Å². The Labute approximate surface area is 92.6 Å². The highest BCUT2D eigenvalue weighted by Gasteiger charge is 2.21. The molecule has 0 radical (unpaired) electrons. The number of nitrogens with zero attached hydrogens (tertiary/aromatic N) is 2. The molecule has 0 aromatic carbocycles. The fourth-order valence-corrected chi connectivity index (χ4v) is 1.26. The topological polar surface area (TPSA) is 46.9 Å². The van der Waals surface area contributed by atoms with E-state index < -0.39 is 12.5 Å². The maximum absolute atomic E-state index is 12.6. The first-order valence-corrected chi connectivity index (χ1v) is 5.13. The highest BCUT2D eigenvalue weighted by molar-refractivity contribution is 5.92. The van der Waals surface area contributed by atoms with Gasteiger partial charge in [0.25, 0.3) is 5.91 Å². The van der Waals surface area contributed by atoms with Crippen LogP contribution < -0.4 is 5.32 Å². The van der Waals surface area contributed by atoms with E-state index in [1.165, 1.54) is 6.07 Å². The van der Waals surface area contributed by atoms with Crippen LogP contribution in [0.25, 0.3) is 0 Å². The van der Waals surface area contributed by atoms with E-state index in [1.54, 1.807) is 6.92 Å². The summed E-state index contributed by atoms with van der Waals surface area (Å²) in [7, 11) is 0. The average molecular weight is 231 g/mol. The predicted molar refractivity (Wildman–Crippen MR) is 55.6 cm³/mol. The zero-order chi connectivity index (χ0) is 12.3. The van der Waals surface area contributed by atoms with Crippen molar-refractivity contribution in [1.29, 1.82) is 0 Å². The molecule has 0 atom stereocenters. The van der Waals surface area contributed by atoms with Crippen molar-refractivity contribution in [2.45, 2.75) is 33.2 Å². The Morgan fingerprint density at radius 3 is 2.62 bits per heavy atom. The lowest BCUT2D eigenvalue weighted by Gasteiger charge is -2.05. The molecule has 0 aliphatic carbocycles. The fourth-order valence-electron chi connectivity index (χ4n) is 1.26. The number of carbonyl (C=O) groups is 1. The normalized spacial score (nSPS) is 11.2. The summed E-state index contributed by atoms with van der Waals surface area (Å²) in [5.74, 6) is -0.518. The van der Waals surface area contributed by atoms with Gasteiger partial charge in [-0.2, -0.15) is 18.6 Å². The van der Waals surface area contributed by atoms with Crippen molar-refractivity contribution in [3.05, 3.63) is 17.5 Å². The summed E-state index contributed by atoms with van der Waals surface area (Å²) < 4.78 is 25.7. The third-order valence-corrected chi connectivity index (χ3v) is 2.10. The molecular weight excluding hydrogens is 216 g/mol. The van der Waals surface area contributed by atoms with Crippen molar-refractivity contribution >= 4 is 5.91 Å². The number of hydrogen-bond donors (Lipinski definition) is 1. The summed E-state index contributed by atoms with van der Waals surface area (Å²) in [4.78, 5) is 11.5. The molecule has 1 amide bonds. The quantitative estimate of drug-likeness (QED) is 0.863. The third kappa shape index (κ3) is 2.56. The van der Waals surface area contributed by atoms with Gasteiger partial charge >= 0.3 is 6.55 Å². The van der Waals surface area contributed by atoms with Crippen LogP contribution in [0.1, 0.15) is 49.4 Å². The van der Waals surface area contributed by atoms with E-state index in [9.17, 15) is 13.6 Å². The van der Waals surface area contributed by atoms with Crippen molar-refractivity contribution < 1.29 is 13.6 Å². The smallest absolute Gasteiger partial charge is 0.333 e. The second-order valence-corrected chi connectivity index (χ2v) is 3.69. The summed E-state index contributed by atoms with van der Waals surface area (Å²) in [5, 5.41) is 6.19. The zero-order valence-corrected chi connectivity index (χ0v) is 9.50. The molecule has 0 aliphatic rings. The van der Waals surface area contributed by atoms with Gasteiger partial charge in [-0.3, -0.25) is 4.79 Å². The first-order chi connectivity index (χ1) is 7.47. The molecule has 1 rings (SSSR count). The molecule has 6 heteroatoms. The van der Waals surface area contributed by atoms with Gasteiger partial charge in [0, 0.05) is 6.54 Å². The molecule has 4 nitrogen and oxygen atoms in total. The van der Waals surface area contributed by atoms with E-state index in [2.05, 4.69) is 10.4 Å². The minimum absolute atomic E-state index is 0.00757. The number of amides is 1. The van der Waals surface area contributed by atoms with Crippen LogP contribution in [-0.4, -0.2) is 22.2 Å². The molecule has 0 unspecified atom stereocenters. The van der Waals surface area contributed by atoms with Crippen LogP contribution >= 0.6 is 0 Å². The number of alkyl halides is 2. The predicted octanol–water partition coefficient (Wildman–Crippen LogP) is 2.15. The van der Waals surface area contributed by atoms with E-state index in [1.807, 2.05) is 13.8 Å². The molecule has 0 fully saturated rings. The fraction of sp³-hybridized carbons (Fsp3) is 0.600. The molecule has 1 heterocycles. The Morgan fingerprint density at radius 1 is 1.56 bits per heavy atom. The monoisotopic (exact) mass is 231 g/mol. The standard InChI is InChI=1S/C10H15F2N3O/c1-4-13-9(16)8-5-7(6(2)3)14-15(8)10(11)12/h5-6,10H,4H2,1-3H3,(H,13,16). The molecule has 0 saturated carbocycles. The minimum atomic E-state index is -2.80. The van der Waals surface area contributed by atoms with Crippen molar-refractivity contribution in [2.24, 2.45) is 0 Å². The minimum Gasteiger partial charge on any atom is -0.351 e. The van der Waals surface area contributed by atoms with E-state index >= 15 is 0 Å². The van der Waals surface area contributed by atoms with Gasteiger partial charge in [0.15, 0.2) is 0 Å². The Hall–Kier alpha value is -1.46. The van der Waals surface area contributed by atoms with Crippen molar-refractivity contribution in [3.63, 3.8) is 0 Å². The maximum Gasteiger partial charge on any atom is 0.333 e. The highest BCUT2D eigenvalue weighted by Crippen LogP contribution is 2.19. The molecule has 1 N–H and O–H groups in total. The maximum atomic E-state index is 12.6. The van der Waals surface area contributed by atoms with Crippen LogP contribution in [0.15, 0.2) is 6.07 Å². The van der Waals surface area contributed by atoms with Crippen LogP contribution in [-0.2, 0) is 0 Å². The van der Waals surface area contributed by atoms with Crippen LogP contribution in [0, 0.1) is 0 Å². The summed E-state index contributed by atoms with van der Waals surface area (Å²) in [5.41, 5.74) is 0.391. The number of rotatable bonds is 4. The summed E-state index contributed by atoms with van der Waals surface area (Å²) in [6, 6.07) is 1.40. The number of halogens is 2. The van der Waals surface area contributed by atoms with Crippen molar-refractivity contribution in [2.75, 3.05) is 6.54 Å². The van der Waals surface area contributed by atoms with E-state index in [4.69, 9.17) is 0 Å². The summed E-state index contributed by atoms with van der Waals surface area (Å²) in [6.07, 6.45) is 0. The molecule has 0 bridgehead atoms. The molecule has 1 aromatic rings. The highest BCUT2D eigenvalue weighted by atomic mass is 19.3. The van der Waals surface area contributed by atoms with Crippen molar-refractivity contribution in [3.8, 4) is 0 Å². The Morgan fingerprint density at radius 2 is 2.19 bits per heavy atom. The van der Waals surface area contributed by atoms with Gasteiger partial charge in [0.2, 0.25) is 0 Å². The molecule has 0 saturated heterocycles. The lowest BCUT2D eigenvalue weighted by molar-refractivity contribution is 0.0505. The first-order valence-electron chi connectivity index (χ1n) is 5.13. The summed E-state index contributed by atoms with van der Waals surface area (Å²) in [6.45, 7) is 2.98. The number of hydrogen-bond acceptors (Lipinski definition) is 2. The molecule has 1 aromatic heterocycles. The second-order valence-electron chi connectivity index (χ2n) is 3.69. The number of carbonyl (C=O) groups excluding carboxylic acids is 1. The third-order valence-electron chi connectivity index (χ3n) is 2.10. The van der Waals surface area contributed by atoms with E-state index in [0.717, 1.165) is 0 Å². The number of aromatic nitrogens is 2. The van der Waals surface area contributed by atoms with Gasteiger partial charge in [-0.25, -0.2) is 0 Å². The number of nitrogens with one attached hydrogen (secondary N) is 1. The van der Waals surface area contributed by atoms with Crippen LogP contribution in [0.2, 0.25) is 0 Å². The Kier molecular flexibility index (Phi) is 3.98. The first kappa shape index (κ1) is 12.6. The van der Waals surface area contributed by atoms with Gasteiger partial charge < -0.3 is 5.32 Å². The SMILES string of the molecule is CCNC(=O)c1cc(C(C)C)nn1C(F)F. The lowest BCUT2D eigenvalue weighted by Crippen LogP contribution is -2.26. The van der Waals surface area contributed by atoms with Gasteiger partial charge in [0.05, 0.1) is 5.69 Å². The van der Waals surface area contributed by atoms with Crippen LogP contribution in [0.4, 0.5) is 8.78 Å².